The lowest BCUT2D eigenvalue weighted by atomic mass is 10.1. The lowest BCUT2D eigenvalue weighted by Gasteiger charge is -2.27. The molecule has 1 heterocycles. The van der Waals surface area contributed by atoms with Crippen molar-refractivity contribution in [2.24, 2.45) is 0 Å². The van der Waals surface area contributed by atoms with Crippen molar-refractivity contribution in [1.82, 2.24) is 9.55 Å². The maximum absolute atomic E-state index is 13.4. The van der Waals surface area contributed by atoms with Crippen molar-refractivity contribution < 1.29 is 18.0 Å². The Kier molecular flexibility index (Phi) is 5.46. The van der Waals surface area contributed by atoms with Gasteiger partial charge in [0.15, 0.2) is 0 Å². The Labute approximate surface area is 165 Å². The van der Waals surface area contributed by atoms with Gasteiger partial charge in [-0.3, -0.25) is 14.2 Å². The van der Waals surface area contributed by atoms with Crippen LogP contribution >= 0.6 is 0 Å². The number of carbonyl (C=O) groups is 1. The molecule has 0 saturated heterocycles. The highest BCUT2D eigenvalue weighted by molar-refractivity contribution is 5.96. The maximum atomic E-state index is 13.4. The van der Waals surface area contributed by atoms with Gasteiger partial charge in [0.1, 0.15) is 6.04 Å². The molecule has 152 valence electrons. The first-order chi connectivity index (χ1) is 13.6. The lowest BCUT2D eigenvalue weighted by molar-refractivity contribution is -0.142. The predicted octanol–water partition coefficient (Wildman–Crippen LogP) is 4.34. The molecule has 29 heavy (non-hydrogen) atoms. The number of amides is 1. The van der Waals surface area contributed by atoms with Crippen LogP contribution in [0.1, 0.15) is 31.1 Å². The fourth-order valence-electron chi connectivity index (χ4n) is 3.32. The standard InChI is InChI=1S/C21H20F3N3O2/c1-4-26(15-9-7-8-13(2)12-15)19(28)14(3)27-17-11-6-5-10-16(17)25-18(20(27)29)21(22,23)24/h5-12,14H,4H2,1-3H3/t14-/m1/s1. The van der Waals surface area contributed by atoms with Gasteiger partial charge in [-0.1, -0.05) is 24.3 Å². The van der Waals surface area contributed by atoms with Gasteiger partial charge in [-0.25, -0.2) is 4.98 Å². The monoisotopic (exact) mass is 403 g/mol. The van der Waals surface area contributed by atoms with E-state index in [0.717, 1.165) is 10.1 Å². The summed E-state index contributed by atoms with van der Waals surface area (Å²) < 4.78 is 41.0. The number of benzene rings is 2. The first kappa shape index (κ1) is 20.6. The second-order valence-electron chi connectivity index (χ2n) is 6.72. The summed E-state index contributed by atoms with van der Waals surface area (Å²) in [6, 6.07) is 12.1. The largest absolute Gasteiger partial charge is 0.438 e. The van der Waals surface area contributed by atoms with E-state index in [0.29, 0.717) is 12.2 Å². The first-order valence-electron chi connectivity index (χ1n) is 9.11. The summed E-state index contributed by atoms with van der Waals surface area (Å²) in [5.74, 6) is -0.482. The Morgan fingerprint density at radius 3 is 2.48 bits per heavy atom. The molecule has 0 N–H and O–H groups in total. The van der Waals surface area contributed by atoms with Gasteiger partial charge < -0.3 is 4.90 Å². The highest BCUT2D eigenvalue weighted by Gasteiger charge is 2.38. The molecule has 2 aromatic carbocycles. The van der Waals surface area contributed by atoms with Crippen molar-refractivity contribution >= 4 is 22.6 Å². The number of rotatable bonds is 4. The number of halogens is 3. The average Bonchev–Trinajstić information content (AvgIpc) is 2.66. The van der Waals surface area contributed by atoms with Crippen molar-refractivity contribution in [3.8, 4) is 0 Å². The quantitative estimate of drug-likeness (QED) is 0.651. The van der Waals surface area contributed by atoms with Crippen molar-refractivity contribution in [2.45, 2.75) is 33.0 Å². The molecule has 0 aliphatic heterocycles. The number of hydrogen-bond acceptors (Lipinski definition) is 3. The predicted molar refractivity (Wildman–Crippen MR) is 105 cm³/mol. The van der Waals surface area contributed by atoms with Crippen molar-refractivity contribution in [2.75, 3.05) is 11.4 Å². The van der Waals surface area contributed by atoms with E-state index in [-0.39, 0.29) is 11.0 Å². The summed E-state index contributed by atoms with van der Waals surface area (Å²) in [5.41, 5.74) is -1.14. The average molecular weight is 403 g/mol. The fraction of sp³-hybridized carbons (Fsp3) is 0.286. The molecule has 0 fully saturated rings. The van der Waals surface area contributed by atoms with Crippen LogP contribution in [0.25, 0.3) is 11.0 Å². The van der Waals surface area contributed by atoms with E-state index in [1.165, 1.54) is 30.0 Å². The first-order valence-corrected chi connectivity index (χ1v) is 9.11. The molecule has 0 unspecified atom stereocenters. The van der Waals surface area contributed by atoms with E-state index in [9.17, 15) is 22.8 Å². The molecule has 3 aromatic rings. The molecule has 0 saturated carbocycles. The van der Waals surface area contributed by atoms with Gasteiger partial charge in [-0.05, 0) is 50.6 Å². The van der Waals surface area contributed by atoms with Crippen LogP contribution in [-0.4, -0.2) is 22.0 Å². The normalized spacial score (nSPS) is 12.8. The summed E-state index contributed by atoms with van der Waals surface area (Å²) in [7, 11) is 0. The van der Waals surface area contributed by atoms with Gasteiger partial charge in [-0.2, -0.15) is 13.2 Å². The minimum atomic E-state index is -4.92. The third-order valence-corrected chi connectivity index (χ3v) is 4.70. The molecule has 1 aromatic heterocycles. The van der Waals surface area contributed by atoms with E-state index in [1.807, 2.05) is 19.1 Å². The third kappa shape index (κ3) is 3.87. The Balaban J connectivity index is 2.17. The zero-order valence-corrected chi connectivity index (χ0v) is 16.2. The van der Waals surface area contributed by atoms with Gasteiger partial charge in [0.05, 0.1) is 11.0 Å². The molecule has 0 aliphatic rings. The van der Waals surface area contributed by atoms with Crippen molar-refractivity contribution in [3.63, 3.8) is 0 Å². The van der Waals surface area contributed by atoms with Crippen LogP contribution in [-0.2, 0) is 11.0 Å². The summed E-state index contributed by atoms with van der Waals surface area (Å²) in [5, 5.41) is 0. The van der Waals surface area contributed by atoms with E-state index in [2.05, 4.69) is 4.98 Å². The number of likely N-dealkylation sites (N-methyl/N-ethyl adjacent to an activating group) is 1. The summed E-state index contributed by atoms with van der Waals surface area (Å²) in [6.45, 7) is 5.37. The minimum Gasteiger partial charge on any atom is -0.311 e. The highest BCUT2D eigenvalue weighted by atomic mass is 19.4. The number of nitrogens with zero attached hydrogens (tertiary/aromatic N) is 3. The molecule has 5 nitrogen and oxygen atoms in total. The molecule has 0 bridgehead atoms. The Morgan fingerprint density at radius 1 is 1.17 bits per heavy atom. The number of hydrogen-bond donors (Lipinski definition) is 0. The Hall–Kier alpha value is -3.16. The van der Waals surface area contributed by atoms with E-state index in [1.54, 1.807) is 25.1 Å². The summed E-state index contributed by atoms with van der Waals surface area (Å²) >= 11 is 0. The number of aromatic nitrogens is 2. The van der Waals surface area contributed by atoms with E-state index < -0.39 is 29.4 Å². The van der Waals surface area contributed by atoms with Crippen LogP contribution in [0.5, 0.6) is 0 Å². The molecular formula is C21H20F3N3O2. The zero-order valence-electron chi connectivity index (χ0n) is 16.2. The van der Waals surface area contributed by atoms with Crippen molar-refractivity contribution in [3.05, 3.63) is 70.1 Å². The number of fused-ring (bicyclic) bond motifs is 1. The fourth-order valence-corrected chi connectivity index (χ4v) is 3.32. The number of carbonyl (C=O) groups excluding carboxylic acids is 1. The number of para-hydroxylation sites is 2. The Bertz CT molecular complexity index is 1120. The van der Waals surface area contributed by atoms with Crippen LogP contribution in [0.2, 0.25) is 0 Å². The third-order valence-electron chi connectivity index (χ3n) is 4.70. The molecule has 0 spiro atoms. The molecule has 8 heteroatoms. The van der Waals surface area contributed by atoms with Crippen LogP contribution in [0.15, 0.2) is 53.3 Å². The second-order valence-corrected chi connectivity index (χ2v) is 6.72. The van der Waals surface area contributed by atoms with E-state index in [4.69, 9.17) is 0 Å². The van der Waals surface area contributed by atoms with Gasteiger partial charge in [0.2, 0.25) is 11.6 Å². The van der Waals surface area contributed by atoms with E-state index >= 15 is 0 Å². The number of anilines is 1. The number of alkyl halides is 3. The molecular weight excluding hydrogens is 383 g/mol. The van der Waals surface area contributed by atoms with Crippen LogP contribution < -0.4 is 10.5 Å². The van der Waals surface area contributed by atoms with Gasteiger partial charge in [-0.15, -0.1) is 0 Å². The van der Waals surface area contributed by atoms with Crippen LogP contribution in [0, 0.1) is 6.92 Å². The zero-order chi connectivity index (χ0) is 21.3. The summed E-state index contributed by atoms with van der Waals surface area (Å²) in [4.78, 5) is 30.8. The lowest BCUT2D eigenvalue weighted by Crippen LogP contribution is -2.41. The van der Waals surface area contributed by atoms with Crippen LogP contribution in [0.3, 0.4) is 0 Å². The van der Waals surface area contributed by atoms with Crippen molar-refractivity contribution in [1.29, 1.82) is 0 Å². The molecule has 0 radical (unpaired) electrons. The molecule has 1 atom stereocenters. The van der Waals surface area contributed by atoms with Gasteiger partial charge in [0, 0.05) is 12.2 Å². The minimum absolute atomic E-state index is 0.00215. The maximum Gasteiger partial charge on any atom is 0.438 e. The SMILES string of the molecule is CCN(C(=O)[C@@H](C)n1c(=O)c(C(F)(F)F)nc2ccccc21)c1cccc(C)c1. The summed E-state index contributed by atoms with van der Waals surface area (Å²) in [6.07, 6.45) is -4.92. The molecule has 3 rings (SSSR count). The smallest absolute Gasteiger partial charge is 0.311 e. The van der Waals surface area contributed by atoms with Crippen LogP contribution in [0.4, 0.5) is 18.9 Å². The highest BCUT2D eigenvalue weighted by Crippen LogP contribution is 2.28. The molecule has 0 aliphatic carbocycles. The van der Waals surface area contributed by atoms with Gasteiger partial charge in [0.25, 0.3) is 5.56 Å². The second kappa shape index (κ2) is 7.69. The topological polar surface area (TPSA) is 55.2 Å². The number of aryl methyl sites for hydroxylation is 1. The molecule has 1 amide bonds. The Morgan fingerprint density at radius 2 is 1.86 bits per heavy atom. The van der Waals surface area contributed by atoms with Gasteiger partial charge >= 0.3 is 6.18 Å².